The first-order valence-corrected chi connectivity index (χ1v) is 7.85. The number of hydrazine groups is 1. The Hall–Kier alpha value is -3.07. The summed E-state index contributed by atoms with van der Waals surface area (Å²) in [7, 11) is 0. The Balaban J connectivity index is 1.89. The predicted molar refractivity (Wildman–Crippen MR) is 92.7 cm³/mol. The van der Waals surface area contributed by atoms with Gasteiger partial charge >= 0.3 is 6.18 Å². The van der Waals surface area contributed by atoms with Crippen LogP contribution in [-0.4, -0.2) is 18.2 Å². The molecule has 2 aromatic carbocycles. The summed E-state index contributed by atoms with van der Waals surface area (Å²) in [5.74, 6) is 4.99. The number of hydrogen-bond acceptors (Lipinski definition) is 5. The number of nitrogens with one attached hydrogen (secondary N) is 1. The molecule has 0 unspecified atom stereocenters. The van der Waals surface area contributed by atoms with Gasteiger partial charge in [-0.25, -0.2) is 5.84 Å². The third-order valence-corrected chi connectivity index (χ3v) is 3.52. The fourth-order valence-corrected chi connectivity index (χ4v) is 2.03. The molecule has 3 N–H and O–H groups in total. The van der Waals surface area contributed by atoms with Gasteiger partial charge in [0, 0.05) is 0 Å². The van der Waals surface area contributed by atoms with E-state index in [1.807, 2.05) is 5.43 Å². The number of nitrogens with zero attached hydrogens (tertiary/aromatic N) is 1. The number of halogens is 3. The van der Waals surface area contributed by atoms with Crippen LogP contribution in [0.2, 0.25) is 0 Å². The van der Waals surface area contributed by atoms with Crippen molar-refractivity contribution in [2.75, 3.05) is 6.61 Å². The molecular weight excluding hydrogens is 363 g/mol. The van der Waals surface area contributed by atoms with Crippen LogP contribution in [-0.2, 0) is 22.4 Å². The first-order chi connectivity index (χ1) is 12.8. The van der Waals surface area contributed by atoms with E-state index < -0.39 is 17.6 Å². The van der Waals surface area contributed by atoms with E-state index in [-0.39, 0.29) is 13.2 Å². The van der Waals surface area contributed by atoms with Gasteiger partial charge in [0.2, 0.25) is 0 Å². The highest BCUT2D eigenvalue weighted by Gasteiger charge is 2.29. The van der Waals surface area contributed by atoms with E-state index in [0.717, 1.165) is 17.7 Å². The van der Waals surface area contributed by atoms with Gasteiger partial charge in [-0.05, 0) is 54.4 Å². The molecule has 0 bridgehead atoms. The summed E-state index contributed by atoms with van der Waals surface area (Å²) in [5.41, 5.74) is 3.16. The molecule has 0 saturated carbocycles. The molecule has 6 nitrogen and oxygen atoms in total. The fourth-order valence-electron chi connectivity index (χ4n) is 2.03. The summed E-state index contributed by atoms with van der Waals surface area (Å²) < 4.78 is 42.8. The maximum absolute atomic E-state index is 12.5. The van der Waals surface area contributed by atoms with Gasteiger partial charge in [-0.2, -0.15) is 13.2 Å². The van der Waals surface area contributed by atoms with Crippen LogP contribution in [0.4, 0.5) is 13.2 Å². The minimum Gasteiger partial charge on any atom is -0.484 e. The van der Waals surface area contributed by atoms with Crippen molar-refractivity contribution in [3.8, 4) is 5.75 Å². The van der Waals surface area contributed by atoms with Gasteiger partial charge < -0.3 is 9.57 Å². The largest absolute Gasteiger partial charge is 0.484 e. The van der Waals surface area contributed by atoms with Crippen molar-refractivity contribution in [1.82, 2.24) is 5.43 Å². The monoisotopic (exact) mass is 381 g/mol. The molecular formula is C18H18F3N3O3. The fraction of sp³-hybridized carbons (Fsp3) is 0.222. The van der Waals surface area contributed by atoms with Crippen molar-refractivity contribution >= 4 is 11.6 Å². The molecule has 0 spiro atoms. The molecule has 0 fully saturated rings. The molecule has 0 aliphatic carbocycles. The van der Waals surface area contributed by atoms with E-state index in [1.54, 1.807) is 31.2 Å². The van der Waals surface area contributed by atoms with Crippen LogP contribution >= 0.6 is 0 Å². The molecule has 0 aliphatic rings. The second-order valence-corrected chi connectivity index (χ2v) is 5.53. The maximum atomic E-state index is 12.5. The lowest BCUT2D eigenvalue weighted by Gasteiger charge is -2.08. The number of ether oxygens (including phenoxy) is 1. The summed E-state index contributed by atoms with van der Waals surface area (Å²) >= 11 is 0. The molecule has 27 heavy (non-hydrogen) atoms. The van der Waals surface area contributed by atoms with E-state index in [9.17, 15) is 18.0 Å². The molecule has 0 aromatic heterocycles. The van der Waals surface area contributed by atoms with E-state index in [0.29, 0.717) is 17.0 Å². The molecule has 1 amide bonds. The van der Waals surface area contributed by atoms with Crippen molar-refractivity contribution in [3.63, 3.8) is 0 Å². The highest BCUT2D eigenvalue weighted by Crippen LogP contribution is 2.29. The number of rotatable bonds is 7. The number of oxime groups is 1. The van der Waals surface area contributed by atoms with Crippen molar-refractivity contribution in [2.24, 2.45) is 11.0 Å². The predicted octanol–water partition coefficient (Wildman–Crippen LogP) is 3.01. The number of hydrogen-bond donors (Lipinski definition) is 2. The quantitative estimate of drug-likeness (QED) is 0.334. The van der Waals surface area contributed by atoms with Crippen LogP contribution < -0.4 is 16.0 Å². The lowest BCUT2D eigenvalue weighted by Crippen LogP contribution is -2.34. The Morgan fingerprint density at radius 3 is 2.30 bits per heavy atom. The number of carbonyl (C=O) groups is 1. The summed E-state index contributed by atoms with van der Waals surface area (Å²) in [6, 6.07) is 11.5. The van der Waals surface area contributed by atoms with Crippen LogP contribution in [0.15, 0.2) is 53.7 Å². The standard InChI is InChI=1S/C18H18F3N3O3/c1-12(14-4-8-16(9-5-14)26-11-17(25)23-22)24-27-10-13-2-6-15(7-3-13)18(19,20)21/h2-9H,10-11,22H2,1H3,(H,23,25)/b24-12+. The third-order valence-electron chi connectivity index (χ3n) is 3.52. The number of carbonyl (C=O) groups excluding carboxylic acids is 1. The first-order valence-electron chi connectivity index (χ1n) is 7.85. The van der Waals surface area contributed by atoms with Gasteiger partial charge in [0.05, 0.1) is 11.3 Å². The van der Waals surface area contributed by atoms with Crippen molar-refractivity contribution in [1.29, 1.82) is 0 Å². The van der Waals surface area contributed by atoms with Gasteiger partial charge in [0.25, 0.3) is 5.91 Å². The maximum Gasteiger partial charge on any atom is 0.416 e. The zero-order valence-electron chi connectivity index (χ0n) is 14.4. The van der Waals surface area contributed by atoms with Crippen LogP contribution in [0.25, 0.3) is 0 Å². The zero-order valence-corrected chi connectivity index (χ0v) is 14.4. The van der Waals surface area contributed by atoms with Crippen LogP contribution in [0.1, 0.15) is 23.6 Å². The van der Waals surface area contributed by atoms with Crippen molar-refractivity contribution in [3.05, 3.63) is 65.2 Å². The lowest BCUT2D eigenvalue weighted by atomic mass is 10.1. The smallest absolute Gasteiger partial charge is 0.416 e. The Morgan fingerprint density at radius 1 is 1.11 bits per heavy atom. The molecule has 2 rings (SSSR count). The van der Waals surface area contributed by atoms with E-state index >= 15 is 0 Å². The SMILES string of the molecule is C/C(=N\OCc1ccc(C(F)(F)F)cc1)c1ccc(OCC(=O)NN)cc1. The minimum atomic E-state index is -4.36. The van der Waals surface area contributed by atoms with Crippen LogP contribution in [0.5, 0.6) is 5.75 Å². The van der Waals surface area contributed by atoms with Gasteiger partial charge in [0.15, 0.2) is 6.61 Å². The number of benzene rings is 2. The lowest BCUT2D eigenvalue weighted by molar-refractivity contribution is -0.137. The molecule has 9 heteroatoms. The molecule has 0 atom stereocenters. The summed E-state index contributed by atoms with van der Waals surface area (Å²) in [5, 5.41) is 3.95. The Bertz CT molecular complexity index is 788. The average Bonchev–Trinajstić information content (AvgIpc) is 2.66. The first kappa shape index (κ1) is 20.2. The van der Waals surface area contributed by atoms with Gasteiger partial charge in [-0.1, -0.05) is 17.3 Å². The number of amides is 1. The average molecular weight is 381 g/mol. The number of alkyl halides is 3. The zero-order chi connectivity index (χ0) is 19.9. The highest BCUT2D eigenvalue weighted by molar-refractivity contribution is 5.98. The van der Waals surface area contributed by atoms with E-state index in [2.05, 4.69) is 5.16 Å². The van der Waals surface area contributed by atoms with Crippen LogP contribution in [0, 0.1) is 0 Å². The number of nitrogens with two attached hydrogens (primary N) is 1. The summed E-state index contributed by atoms with van der Waals surface area (Å²) in [6.45, 7) is 1.58. The molecule has 0 saturated heterocycles. The topological polar surface area (TPSA) is 85.9 Å². The third kappa shape index (κ3) is 6.30. The molecule has 144 valence electrons. The normalized spacial score (nSPS) is 11.8. The van der Waals surface area contributed by atoms with E-state index in [1.165, 1.54) is 12.1 Å². The Labute approximate surface area is 153 Å². The Kier molecular flexibility index (Phi) is 6.78. The summed E-state index contributed by atoms with van der Waals surface area (Å²) in [6.07, 6.45) is -4.36. The highest BCUT2D eigenvalue weighted by atomic mass is 19.4. The van der Waals surface area contributed by atoms with Crippen molar-refractivity contribution < 1.29 is 27.5 Å². The Morgan fingerprint density at radius 2 is 1.74 bits per heavy atom. The van der Waals surface area contributed by atoms with Crippen LogP contribution in [0.3, 0.4) is 0 Å². The minimum absolute atomic E-state index is 0.0465. The molecule has 2 aromatic rings. The molecule has 0 radical (unpaired) electrons. The van der Waals surface area contributed by atoms with Gasteiger partial charge in [0.1, 0.15) is 12.4 Å². The van der Waals surface area contributed by atoms with Gasteiger partial charge in [-0.3, -0.25) is 10.2 Å². The van der Waals surface area contributed by atoms with E-state index in [4.69, 9.17) is 15.4 Å². The summed E-state index contributed by atoms with van der Waals surface area (Å²) in [4.78, 5) is 16.2. The molecule has 0 heterocycles. The van der Waals surface area contributed by atoms with Gasteiger partial charge in [-0.15, -0.1) is 0 Å². The molecule has 0 aliphatic heterocycles. The second kappa shape index (κ2) is 9.04. The second-order valence-electron chi connectivity index (χ2n) is 5.53. The van der Waals surface area contributed by atoms with Crippen molar-refractivity contribution in [2.45, 2.75) is 19.7 Å².